The molecule has 7 heteroatoms. The lowest BCUT2D eigenvalue weighted by atomic mass is 10.2. The molecule has 96 valence electrons. The summed E-state index contributed by atoms with van der Waals surface area (Å²) in [5.41, 5.74) is -0.529. The number of likely N-dealkylation sites (N-methyl/N-ethyl adjacent to an activating group) is 1. The summed E-state index contributed by atoms with van der Waals surface area (Å²) in [5, 5.41) is 19.7. The summed E-state index contributed by atoms with van der Waals surface area (Å²) < 4.78 is 0. The van der Waals surface area contributed by atoms with Gasteiger partial charge in [-0.25, -0.2) is 9.78 Å². The highest BCUT2D eigenvalue weighted by Gasteiger charge is 2.22. The first-order valence-electron chi connectivity index (χ1n) is 5.24. The minimum atomic E-state index is -1.25. The largest absolute Gasteiger partial charge is 0.478 e. The van der Waals surface area contributed by atoms with Crippen molar-refractivity contribution in [2.75, 3.05) is 18.0 Å². The summed E-state index contributed by atoms with van der Waals surface area (Å²) in [4.78, 5) is 26.6. The maximum absolute atomic E-state index is 10.9. The SMILES string of the molecule is C=CCN(CC)c1ncc(C(=O)O)cc1[N+](=O)[O-]. The van der Waals surface area contributed by atoms with E-state index in [2.05, 4.69) is 11.6 Å². The van der Waals surface area contributed by atoms with E-state index in [9.17, 15) is 14.9 Å². The number of hydrogen-bond acceptors (Lipinski definition) is 5. The van der Waals surface area contributed by atoms with Crippen molar-refractivity contribution < 1.29 is 14.8 Å². The van der Waals surface area contributed by atoms with Crippen molar-refractivity contribution in [3.63, 3.8) is 0 Å². The highest BCUT2D eigenvalue weighted by atomic mass is 16.6. The molecule has 1 heterocycles. The molecular formula is C11H13N3O4. The van der Waals surface area contributed by atoms with Crippen molar-refractivity contribution in [3.8, 4) is 0 Å². The van der Waals surface area contributed by atoms with E-state index in [1.165, 1.54) is 0 Å². The lowest BCUT2D eigenvalue weighted by Gasteiger charge is -2.19. The first kappa shape index (κ1) is 13.6. The van der Waals surface area contributed by atoms with Crippen LogP contribution in [-0.4, -0.2) is 34.1 Å². The van der Waals surface area contributed by atoms with Gasteiger partial charge < -0.3 is 10.0 Å². The molecule has 1 aromatic rings. The van der Waals surface area contributed by atoms with Gasteiger partial charge in [0.05, 0.1) is 10.5 Å². The first-order valence-corrected chi connectivity index (χ1v) is 5.24. The molecule has 0 aromatic carbocycles. The van der Waals surface area contributed by atoms with E-state index in [1.807, 2.05) is 6.92 Å². The van der Waals surface area contributed by atoms with Gasteiger partial charge in [0.15, 0.2) is 0 Å². The van der Waals surface area contributed by atoms with Crippen LogP contribution in [0.4, 0.5) is 11.5 Å². The third-order valence-electron chi connectivity index (χ3n) is 2.32. The van der Waals surface area contributed by atoms with Crippen LogP contribution in [0.15, 0.2) is 24.9 Å². The van der Waals surface area contributed by atoms with Crippen LogP contribution in [0.2, 0.25) is 0 Å². The van der Waals surface area contributed by atoms with Gasteiger partial charge in [-0.2, -0.15) is 0 Å². The number of hydrogen-bond donors (Lipinski definition) is 1. The first-order chi connectivity index (χ1) is 8.51. The fraction of sp³-hybridized carbons (Fsp3) is 0.273. The molecule has 7 nitrogen and oxygen atoms in total. The standard InChI is InChI=1S/C11H13N3O4/c1-3-5-13(4-2)10-9(14(17)18)6-8(7-12-10)11(15)16/h3,6-7H,1,4-5H2,2H3,(H,15,16). The Hall–Kier alpha value is -2.44. The van der Waals surface area contributed by atoms with Crippen molar-refractivity contribution >= 4 is 17.5 Å². The fourth-order valence-electron chi connectivity index (χ4n) is 1.46. The van der Waals surface area contributed by atoms with Gasteiger partial charge in [-0.15, -0.1) is 6.58 Å². The Morgan fingerprint density at radius 2 is 2.39 bits per heavy atom. The maximum atomic E-state index is 10.9. The number of aromatic nitrogens is 1. The molecule has 1 rings (SSSR count). The Bertz CT molecular complexity index is 487. The van der Waals surface area contributed by atoms with Crippen molar-refractivity contribution in [2.45, 2.75) is 6.92 Å². The van der Waals surface area contributed by atoms with E-state index in [4.69, 9.17) is 5.11 Å². The van der Waals surface area contributed by atoms with Crippen molar-refractivity contribution in [1.29, 1.82) is 0 Å². The highest BCUT2D eigenvalue weighted by Crippen LogP contribution is 2.26. The number of nitrogens with zero attached hydrogens (tertiary/aromatic N) is 3. The topological polar surface area (TPSA) is 96.6 Å². The van der Waals surface area contributed by atoms with Crippen LogP contribution in [-0.2, 0) is 0 Å². The van der Waals surface area contributed by atoms with Crippen molar-refractivity contribution in [3.05, 3.63) is 40.6 Å². The monoisotopic (exact) mass is 251 g/mol. The zero-order valence-electron chi connectivity index (χ0n) is 9.87. The van der Waals surface area contributed by atoms with Crippen LogP contribution in [0.1, 0.15) is 17.3 Å². The lowest BCUT2D eigenvalue weighted by molar-refractivity contribution is -0.384. The lowest BCUT2D eigenvalue weighted by Crippen LogP contribution is -2.24. The Balaban J connectivity index is 3.30. The molecule has 18 heavy (non-hydrogen) atoms. The average Bonchev–Trinajstić information content (AvgIpc) is 2.35. The molecule has 0 fully saturated rings. The zero-order chi connectivity index (χ0) is 13.7. The van der Waals surface area contributed by atoms with Crippen molar-refractivity contribution in [2.24, 2.45) is 0 Å². The molecule has 0 radical (unpaired) electrons. The molecule has 0 spiro atoms. The van der Waals surface area contributed by atoms with E-state index in [1.54, 1.807) is 11.0 Å². The summed E-state index contributed by atoms with van der Waals surface area (Å²) >= 11 is 0. The normalized spacial score (nSPS) is 9.83. The van der Waals surface area contributed by atoms with Gasteiger partial charge in [0.25, 0.3) is 0 Å². The second-order valence-electron chi connectivity index (χ2n) is 3.46. The predicted molar refractivity (Wildman–Crippen MR) is 65.9 cm³/mol. The molecule has 0 aliphatic carbocycles. The van der Waals surface area contributed by atoms with Gasteiger partial charge in [-0.1, -0.05) is 6.08 Å². The minimum Gasteiger partial charge on any atom is -0.478 e. The third kappa shape index (κ3) is 2.82. The van der Waals surface area contributed by atoms with Gasteiger partial charge in [-0.3, -0.25) is 10.1 Å². The highest BCUT2D eigenvalue weighted by molar-refractivity contribution is 5.88. The minimum absolute atomic E-state index is 0.146. The molecule has 0 saturated carbocycles. The van der Waals surface area contributed by atoms with E-state index in [-0.39, 0.29) is 17.1 Å². The predicted octanol–water partition coefficient (Wildman–Crippen LogP) is 1.70. The summed E-state index contributed by atoms with van der Waals surface area (Å²) in [7, 11) is 0. The Labute approximate surface area is 104 Å². The van der Waals surface area contributed by atoms with E-state index in [0.29, 0.717) is 13.1 Å². The smallest absolute Gasteiger partial charge is 0.337 e. The summed E-state index contributed by atoms with van der Waals surface area (Å²) in [6.45, 7) is 6.29. The second kappa shape index (κ2) is 5.76. The number of anilines is 1. The van der Waals surface area contributed by atoms with Crippen LogP contribution >= 0.6 is 0 Å². The van der Waals surface area contributed by atoms with Gasteiger partial charge in [0.2, 0.25) is 5.82 Å². The second-order valence-corrected chi connectivity index (χ2v) is 3.46. The number of nitro groups is 1. The van der Waals surface area contributed by atoms with Crippen LogP contribution in [0.5, 0.6) is 0 Å². The van der Waals surface area contributed by atoms with Gasteiger partial charge in [-0.05, 0) is 6.92 Å². The molecule has 0 aliphatic rings. The van der Waals surface area contributed by atoms with Gasteiger partial charge >= 0.3 is 11.7 Å². The van der Waals surface area contributed by atoms with Crippen LogP contribution in [0.3, 0.4) is 0 Å². The third-order valence-corrected chi connectivity index (χ3v) is 2.32. The number of carboxylic acids is 1. The average molecular weight is 251 g/mol. The van der Waals surface area contributed by atoms with Crippen molar-refractivity contribution in [1.82, 2.24) is 4.98 Å². The Kier molecular flexibility index (Phi) is 4.36. The fourth-order valence-corrected chi connectivity index (χ4v) is 1.46. The quantitative estimate of drug-likeness (QED) is 0.469. The molecule has 0 amide bonds. The summed E-state index contributed by atoms with van der Waals surface area (Å²) in [6, 6.07) is 1.01. The summed E-state index contributed by atoms with van der Waals surface area (Å²) in [5.74, 6) is -1.10. The number of carbonyl (C=O) groups is 1. The summed E-state index contributed by atoms with van der Waals surface area (Å²) in [6.07, 6.45) is 2.70. The maximum Gasteiger partial charge on any atom is 0.337 e. The molecular weight excluding hydrogens is 238 g/mol. The number of aromatic carboxylic acids is 1. The molecule has 0 unspecified atom stereocenters. The number of rotatable bonds is 6. The van der Waals surface area contributed by atoms with Gasteiger partial charge in [0, 0.05) is 25.4 Å². The van der Waals surface area contributed by atoms with Crippen LogP contribution in [0, 0.1) is 10.1 Å². The number of pyridine rings is 1. The van der Waals surface area contributed by atoms with E-state index < -0.39 is 10.9 Å². The zero-order valence-corrected chi connectivity index (χ0v) is 9.87. The molecule has 0 bridgehead atoms. The Morgan fingerprint density at radius 3 is 2.83 bits per heavy atom. The van der Waals surface area contributed by atoms with Crippen LogP contribution in [0.25, 0.3) is 0 Å². The molecule has 0 atom stereocenters. The molecule has 1 N–H and O–H groups in total. The Morgan fingerprint density at radius 1 is 1.72 bits per heavy atom. The molecule has 0 saturated heterocycles. The van der Waals surface area contributed by atoms with E-state index >= 15 is 0 Å². The van der Waals surface area contributed by atoms with E-state index in [0.717, 1.165) is 12.3 Å². The molecule has 0 aliphatic heterocycles. The molecule has 1 aromatic heterocycles. The number of carboxylic acid groups (broad SMARTS) is 1. The van der Waals surface area contributed by atoms with Gasteiger partial charge in [0.1, 0.15) is 0 Å². The van der Waals surface area contributed by atoms with Crippen LogP contribution < -0.4 is 4.90 Å².